The molecule has 0 aliphatic rings. The van der Waals surface area contributed by atoms with Crippen molar-refractivity contribution in [1.82, 2.24) is 15.3 Å². The molecule has 0 aromatic carbocycles. The minimum Gasteiger partial charge on any atom is -0.465 e. The van der Waals surface area contributed by atoms with E-state index in [-0.39, 0.29) is 0 Å². The largest absolute Gasteiger partial charge is 0.465 e. The SMILES string of the molecule is CC(NC(=O)O)C(=O)Nc1cccnc1Nc1ccc(C#N)cn1. The third-order valence-corrected chi connectivity index (χ3v) is 2.94. The molecular formula is C15H14N6O3. The van der Waals surface area contributed by atoms with E-state index >= 15 is 0 Å². The van der Waals surface area contributed by atoms with Gasteiger partial charge in [-0.2, -0.15) is 5.26 Å². The lowest BCUT2D eigenvalue weighted by atomic mass is 10.3. The van der Waals surface area contributed by atoms with Crippen molar-refractivity contribution in [2.45, 2.75) is 13.0 Å². The molecule has 0 spiro atoms. The number of anilines is 3. The van der Waals surface area contributed by atoms with Crippen LogP contribution < -0.4 is 16.0 Å². The highest BCUT2D eigenvalue weighted by atomic mass is 16.4. The second-order valence-electron chi connectivity index (χ2n) is 4.73. The van der Waals surface area contributed by atoms with E-state index in [0.29, 0.717) is 22.9 Å². The molecule has 0 aliphatic heterocycles. The van der Waals surface area contributed by atoms with Crippen LogP contribution in [0.5, 0.6) is 0 Å². The van der Waals surface area contributed by atoms with E-state index in [9.17, 15) is 9.59 Å². The van der Waals surface area contributed by atoms with Gasteiger partial charge < -0.3 is 21.1 Å². The fourth-order valence-electron chi connectivity index (χ4n) is 1.75. The quantitative estimate of drug-likeness (QED) is 0.655. The molecule has 2 aromatic rings. The molecule has 0 saturated heterocycles. The summed E-state index contributed by atoms with van der Waals surface area (Å²) in [7, 11) is 0. The summed E-state index contributed by atoms with van der Waals surface area (Å²) in [5.74, 6) is 0.256. The highest BCUT2D eigenvalue weighted by molar-refractivity contribution is 5.98. The molecule has 24 heavy (non-hydrogen) atoms. The molecule has 0 radical (unpaired) electrons. The number of amides is 2. The van der Waals surface area contributed by atoms with Gasteiger partial charge in [-0.15, -0.1) is 0 Å². The maximum atomic E-state index is 12.0. The van der Waals surface area contributed by atoms with Crippen molar-refractivity contribution in [3.8, 4) is 6.07 Å². The van der Waals surface area contributed by atoms with Crippen molar-refractivity contribution >= 4 is 29.3 Å². The lowest BCUT2D eigenvalue weighted by Crippen LogP contribution is -2.40. The molecule has 122 valence electrons. The van der Waals surface area contributed by atoms with Gasteiger partial charge in [-0.25, -0.2) is 14.8 Å². The zero-order valence-electron chi connectivity index (χ0n) is 12.6. The topological polar surface area (TPSA) is 140 Å². The standard InChI is InChI=1S/C15H14N6O3/c1-9(19-15(23)24)14(22)20-11-3-2-6-17-13(11)21-12-5-4-10(7-16)8-18-12/h2-6,8-9,19H,1H3,(H,20,22)(H,23,24)(H,17,18,21). The van der Waals surface area contributed by atoms with E-state index in [2.05, 4.69) is 25.9 Å². The van der Waals surface area contributed by atoms with Gasteiger partial charge in [0.1, 0.15) is 17.9 Å². The predicted octanol–water partition coefficient (Wildman–Crippen LogP) is 1.69. The van der Waals surface area contributed by atoms with Crippen LogP contribution in [0.1, 0.15) is 12.5 Å². The van der Waals surface area contributed by atoms with Crippen molar-refractivity contribution < 1.29 is 14.7 Å². The number of carboxylic acid groups (broad SMARTS) is 1. The molecule has 0 bridgehead atoms. The number of aromatic nitrogens is 2. The summed E-state index contributed by atoms with van der Waals surface area (Å²) >= 11 is 0. The van der Waals surface area contributed by atoms with E-state index in [0.717, 1.165) is 0 Å². The highest BCUT2D eigenvalue weighted by Gasteiger charge is 2.16. The summed E-state index contributed by atoms with van der Waals surface area (Å²) in [4.78, 5) is 30.8. The Morgan fingerprint density at radius 2 is 2.08 bits per heavy atom. The minimum absolute atomic E-state index is 0.339. The number of rotatable bonds is 5. The third kappa shape index (κ3) is 4.41. The number of nitrogens with zero attached hydrogens (tertiary/aromatic N) is 3. The Labute approximate surface area is 137 Å². The van der Waals surface area contributed by atoms with Crippen LogP contribution in [-0.2, 0) is 4.79 Å². The monoisotopic (exact) mass is 326 g/mol. The van der Waals surface area contributed by atoms with Crippen molar-refractivity contribution in [1.29, 1.82) is 5.26 Å². The third-order valence-electron chi connectivity index (χ3n) is 2.94. The number of hydrogen-bond donors (Lipinski definition) is 4. The Morgan fingerprint density at radius 1 is 1.29 bits per heavy atom. The fourth-order valence-corrected chi connectivity index (χ4v) is 1.75. The summed E-state index contributed by atoms with van der Waals surface area (Å²) in [6.07, 6.45) is 1.65. The number of nitrogens with one attached hydrogen (secondary N) is 3. The zero-order chi connectivity index (χ0) is 17.5. The van der Waals surface area contributed by atoms with Gasteiger partial charge in [0.25, 0.3) is 0 Å². The van der Waals surface area contributed by atoms with Crippen LogP contribution in [0.3, 0.4) is 0 Å². The van der Waals surface area contributed by atoms with E-state index in [1.807, 2.05) is 6.07 Å². The second-order valence-corrected chi connectivity index (χ2v) is 4.73. The Balaban J connectivity index is 2.13. The predicted molar refractivity (Wildman–Crippen MR) is 85.7 cm³/mol. The summed E-state index contributed by atoms with van der Waals surface area (Å²) < 4.78 is 0. The Kier molecular flexibility index (Phi) is 5.25. The van der Waals surface area contributed by atoms with Crippen LogP contribution in [0.15, 0.2) is 36.7 Å². The molecule has 1 unspecified atom stereocenters. The van der Waals surface area contributed by atoms with Crippen LogP contribution in [0.2, 0.25) is 0 Å². The Morgan fingerprint density at radius 3 is 2.71 bits per heavy atom. The van der Waals surface area contributed by atoms with Gasteiger partial charge in [0.15, 0.2) is 5.82 Å². The first-order valence-corrected chi connectivity index (χ1v) is 6.88. The number of carbonyl (C=O) groups excluding carboxylic acids is 1. The minimum atomic E-state index is -1.29. The normalized spacial score (nSPS) is 11.0. The number of carbonyl (C=O) groups is 2. The van der Waals surface area contributed by atoms with Gasteiger partial charge in [0, 0.05) is 12.4 Å². The average Bonchev–Trinajstić information content (AvgIpc) is 2.56. The average molecular weight is 326 g/mol. The summed E-state index contributed by atoms with van der Waals surface area (Å²) in [6.45, 7) is 1.43. The molecule has 9 heteroatoms. The van der Waals surface area contributed by atoms with Crippen LogP contribution in [-0.4, -0.2) is 33.1 Å². The van der Waals surface area contributed by atoms with Gasteiger partial charge in [-0.05, 0) is 31.2 Å². The summed E-state index contributed by atoms with van der Waals surface area (Å²) in [6, 6.07) is 7.48. The molecule has 2 rings (SSSR count). The molecule has 0 aliphatic carbocycles. The number of pyridine rings is 2. The smallest absolute Gasteiger partial charge is 0.405 e. The zero-order valence-corrected chi connectivity index (χ0v) is 12.6. The first-order chi connectivity index (χ1) is 11.5. The summed E-state index contributed by atoms with van der Waals surface area (Å²) in [5, 5.41) is 25.0. The Bertz CT molecular complexity index is 785. The second kappa shape index (κ2) is 7.55. The maximum absolute atomic E-state index is 12.0. The molecule has 0 fully saturated rings. The van der Waals surface area contributed by atoms with Crippen LogP contribution >= 0.6 is 0 Å². The van der Waals surface area contributed by atoms with Gasteiger partial charge in [-0.3, -0.25) is 4.79 Å². The van der Waals surface area contributed by atoms with E-state index < -0.39 is 18.0 Å². The Hall–Kier alpha value is -3.67. The lowest BCUT2D eigenvalue weighted by Gasteiger charge is -2.14. The first kappa shape index (κ1) is 16.7. The molecule has 9 nitrogen and oxygen atoms in total. The lowest BCUT2D eigenvalue weighted by molar-refractivity contribution is -0.117. The molecule has 4 N–H and O–H groups in total. The van der Waals surface area contributed by atoms with E-state index in [1.54, 1.807) is 24.3 Å². The molecule has 1 atom stereocenters. The van der Waals surface area contributed by atoms with Crippen LogP contribution in [0.25, 0.3) is 0 Å². The van der Waals surface area contributed by atoms with Crippen molar-refractivity contribution in [2.24, 2.45) is 0 Å². The van der Waals surface area contributed by atoms with Gasteiger partial charge in [0.2, 0.25) is 5.91 Å². The molecular weight excluding hydrogens is 312 g/mol. The van der Waals surface area contributed by atoms with Gasteiger partial charge in [0.05, 0.1) is 11.3 Å². The van der Waals surface area contributed by atoms with Crippen molar-refractivity contribution in [3.05, 3.63) is 42.2 Å². The van der Waals surface area contributed by atoms with Gasteiger partial charge >= 0.3 is 6.09 Å². The highest BCUT2D eigenvalue weighted by Crippen LogP contribution is 2.21. The number of hydrogen-bond acceptors (Lipinski definition) is 6. The van der Waals surface area contributed by atoms with E-state index in [1.165, 1.54) is 19.3 Å². The van der Waals surface area contributed by atoms with E-state index in [4.69, 9.17) is 10.4 Å². The number of nitriles is 1. The molecule has 2 heterocycles. The maximum Gasteiger partial charge on any atom is 0.405 e. The van der Waals surface area contributed by atoms with Crippen molar-refractivity contribution in [3.63, 3.8) is 0 Å². The van der Waals surface area contributed by atoms with Crippen LogP contribution in [0.4, 0.5) is 22.1 Å². The first-order valence-electron chi connectivity index (χ1n) is 6.88. The fraction of sp³-hybridized carbons (Fsp3) is 0.133. The van der Waals surface area contributed by atoms with Gasteiger partial charge in [-0.1, -0.05) is 0 Å². The molecule has 2 aromatic heterocycles. The molecule has 0 saturated carbocycles. The van der Waals surface area contributed by atoms with Crippen LogP contribution in [0, 0.1) is 11.3 Å². The molecule has 2 amide bonds. The van der Waals surface area contributed by atoms with Crippen molar-refractivity contribution in [2.75, 3.05) is 10.6 Å². The summed E-state index contributed by atoms with van der Waals surface area (Å²) in [5.41, 5.74) is 0.788.